The van der Waals surface area contributed by atoms with Crippen LogP contribution in [0.1, 0.15) is 25.2 Å². The second-order valence-corrected chi connectivity index (χ2v) is 6.78. The molecule has 1 aromatic carbocycles. The average Bonchev–Trinajstić information content (AvgIpc) is 3.09. The molecule has 1 aliphatic heterocycles. The van der Waals surface area contributed by atoms with Crippen LogP contribution < -0.4 is 0 Å². The molecular formula is C19H29N5O. The molecule has 1 fully saturated rings. The van der Waals surface area contributed by atoms with E-state index < -0.39 is 0 Å². The minimum atomic E-state index is 0.209. The maximum Gasteiger partial charge on any atom is 0.140 e. The summed E-state index contributed by atoms with van der Waals surface area (Å²) < 4.78 is 8.03. The molecule has 0 bridgehead atoms. The van der Waals surface area contributed by atoms with Gasteiger partial charge in [-0.25, -0.2) is 9.67 Å². The Labute approximate surface area is 150 Å². The second kappa shape index (κ2) is 8.56. The first-order valence-electron chi connectivity index (χ1n) is 9.12. The number of hydrogen-bond acceptors (Lipinski definition) is 5. The summed E-state index contributed by atoms with van der Waals surface area (Å²) in [6.07, 6.45) is 1.84. The lowest BCUT2D eigenvalue weighted by Crippen LogP contribution is -2.51. The Morgan fingerprint density at radius 3 is 2.88 bits per heavy atom. The van der Waals surface area contributed by atoms with Crippen LogP contribution in [-0.4, -0.2) is 63.5 Å². The predicted octanol–water partition coefficient (Wildman–Crippen LogP) is 2.02. The van der Waals surface area contributed by atoms with Crippen LogP contribution in [0.2, 0.25) is 0 Å². The van der Waals surface area contributed by atoms with Crippen molar-refractivity contribution in [3.8, 4) is 0 Å². The Morgan fingerprint density at radius 2 is 2.12 bits per heavy atom. The lowest BCUT2D eigenvalue weighted by Gasteiger charge is -2.39. The first kappa shape index (κ1) is 18.0. The quantitative estimate of drug-likeness (QED) is 0.770. The number of rotatable bonds is 7. The number of likely N-dealkylation sites (N-methyl/N-ethyl adjacent to an activating group) is 1. The fourth-order valence-electron chi connectivity index (χ4n) is 3.33. The molecule has 3 rings (SSSR count). The Bertz CT molecular complexity index is 644. The summed E-state index contributed by atoms with van der Waals surface area (Å²) in [5.74, 6) is 1.01. The third-order valence-electron chi connectivity index (χ3n) is 5.05. The molecule has 0 spiro atoms. The van der Waals surface area contributed by atoms with Gasteiger partial charge in [-0.2, -0.15) is 5.10 Å². The number of aromatic nitrogens is 3. The average molecular weight is 343 g/mol. The third-order valence-corrected chi connectivity index (χ3v) is 5.05. The van der Waals surface area contributed by atoms with Crippen molar-refractivity contribution in [2.24, 2.45) is 0 Å². The molecule has 0 amide bonds. The van der Waals surface area contributed by atoms with Gasteiger partial charge in [0.2, 0.25) is 0 Å². The molecule has 136 valence electrons. The molecular weight excluding hydrogens is 314 g/mol. The van der Waals surface area contributed by atoms with Crippen LogP contribution in [0.25, 0.3) is 0 Å². The van der Waals surface area contributed by atoms with E-state index in [0.29, 0.717) is 6.04 Å². The molecule has 0 N–H and O–H groups in total. The van der Waals surface area contributed by atoms with Gasteiger partial charge in [0.1, 0.15) is 12.2 Å². The van der Waals surface area contributed by atoms with E-state index in [1.807, 2.05) is 4.68 Å². The van der Waals surface area contributed by atoms with Gasteiger partial charge in [-0.15, -0.1) is 0 Å². The number of aryl methyl sites for hydroxylation is 1. The minimum Gasteiger partial charge on any atom is -0.374 e. The molecule has 0 radical (unpaired) electrons. The fourth-order valence-corrected chi connectivity index (χ4v) is 3.33. The molecule has 1 aromatic heterocycles. The monoisotopic (exact) mass is 343 g/mol. The zero-order valence-corrected chi connectivity index (χ0v) is 15.5. The minimum absolute atomic E-state index is 0.209. The van der Waals surface area contributed by atoms with Crippen molar-refractivity contribution < 1.29 is 4.74 Å². The summed E-state index contributed by atoms with van der Waals surface area (Å²) in [6.45, 7) is 9.70. The summed E-state index contributed by atoms with van der Waals surface area (Å²) in [6, 6.07) is 11.0. The Hall–Kier alpha value is -1.76. The third kappa shape index (κ3) is 4.66. The van der Waals surface area contributed by atoms with Gasteiger partial charge in [-0.3, -0.25) is 9.80 Å². The molecule has 0 saturated carbocycles. The van der Waals surface area contributed by atoms with Crippen molar-refractivity contribution in [1.82, 2.24) is 24.6 Å². The zero-order valence-electron chi connectivity index (χ0n) is 15.5. The van der Waals surface area contributed by atoms with E-state index in [1.165, 1.54) is 5.56 Å². The maximum atomic E-state index is 6.08. The van der Waals surface area contributed by atoms with Crippen molar-refractivity contribution in [3.63, 3.8) is 0 Å². The molecule has 0 unspecified atom stereocenters. The van der Waals surface area contributed by atoms with E-state index in [9.17, 15) is 0 Å². The van der Waals surface area contributed by atoms with E-state index >= 15 is 0 Å². The molecule has 25 heavy (non-hydrogen) atoms. The molecule has 2 heterocycles. The molecule has 1 aliphatic rings. The molecule has 0 aliphatic carbocycles. The van der Waals surface area contributed by atoms with E-state index in [-0.39, 0.29) is 6.10 Å². The van der Waals surface area contributed by atoms with Gasteiger partial charge in [0.05, 0.1) is 19.3 Å². The van der Waals surface area contributed by atoms with Crippen LogP contribution in [-0.2, 0) is 24.4 Å². The maximum absolute atomic E-state index is 6.08. The number of hydrogen-bond donors (Lipinski definition) is 0. The van der Waals surface area contributed by atoms with E-state index in [0.717, 1.165) is 45.2 Å². The van der Waals surface area contributed by atoms with Crippen LogP contribution in [0.3, 0.4) is 0 Å². The van der Waals surface area contributed by atoms with E-state index in [2.05, 4.69) is 71.1 Å². The van der Waals surface area contributed by atoms with E-state index in [1.54, 1.807) is 6.33 Å². The lowest BCUT2D eigenvalue weighted by atomic mass is 10.1. The predicted molar refractivity (Wildman–Crippen MR) is 98.1 cm³/mol. The van der Waals surface area contributed by atoms with Crippen molar-refractivity contribution in [2.45, 2.75) is 45.6 Å². The summed E-state index contributed by atoms with van der Waals surface area (Å²) in [7, 11) is 2.14. The first-order chi connectivity index (χ1) is 12.2. The largest absolute Gasteiger partial charge is 0.374 e. The van der Waals surface area contributed by atoms with Gasteiger partial charge in [0.15, 0.2) is 0 Å². The normalized spacial score (nSPS) is 20.1. The van der Waals surface area contributed by atoms with Crippen LogP contribution in [0, 0.1) is 0 Å². The Morgan fingerprint density at radius 1 is 1.32 bits per heavy atom. The van der Waals surface area contributed by atoms with Gasteiger partial charge >= 0.3 is 0 Å². The smallest absolute Gasteiger partial charge is 0.140 e. The van der Waals surface area contributed by atoms with Gasteiger partial charge in [0.25, 0.3) is 0 Å². The zero-order chi connectivity index (χ0) is 17.6. The lowest BCUT2D eigenvalue weighted by molar-refractivity contribution is -0.0675. The summed E-state index contributed by atoms with van der Waals surface area (Å²) >= 11 is 0. The van der Waals surface area contributed by atoms with Crippen molar-refractivity contribution >= 4 is 0 Å². The van der Waals surface area contributed by atoms with Crippen molar-refractivity contribution in [1.29, 1.82) is 0 Å². The van der Waals surface area contributed by atoms with Crippen LogP contribution in [0.15, 0.2) is 36.7 Å². The van der Waals surface area contributed by atoms with Gasteiger partial charge in [0, 0.05) is 32.2 Å². The highest BCUT2D eigenvalue weighted by atomic mass is 16.5. The SMILES string of the molecule is CCn1ncnc1CN(C)[C@H](C)[C@H]1CN(Cc2ccccc2)CCO1. The number of ether oxygens (including phenoxy) is 1. The number of benzene rings is 1. The van der Waals surface area contributed by atoms with Gasteiger partial charge in [-0.05, 0) is 26.5 Å². The van der Waals surface area contributed by atoms with Gasteiger partial charge < -0.3 is 4.74 Å². The Kier molecular flexibility index (Phi) is 6.18. The topological polar surface area (TPSA) is 46.4 Å². The Balaban J connectivity index is 1.56. The second-order valence-electron chi connectivity index (χ2n) is 6.78. The molecule has 6 heteroatoms. The number of nitrogens with zero attached hydrogens (tertiary/aromatic N) is 5. The van der Waals surface area contributed by atoms with Crippen molar-refractivity contribution in [2.75, 3.05) is 26.7 Å². The van der Waals surface area contributed by atoms with Crippen LogP contribution >= 0.6 is 0 Å². The number of morpholine rings is 1. The highest BCUT2D eigenvalue weighted by Gasteiger charge is 2.28. The summed E-state index contributed by atoms with van der Waals surface area (Å²) in [5.41, 5.74) is 1.36. The van der Waals surface area contributed by atoms with E-state index in [4.69, 9.17) is 4.74 Å². The summed E-state index contributed by atoms with van der Waals surface area (Å²) in [4.78, 5) is 9.19. The fraction of sp³-hybridized carbons (Fsp3) is 0.579. The standard InChI is InChI=1S/C19H29N5O/c1-4-24-19(20-15-21-24)14-22(3)16(2)18-13-23(10-11-25-18)12-17-8-6-5-7-9-17/h5-9,15-16,18H,4,10-14H2,1-3H3/t16-,18-/m1/s1. The van der Waals surface area contributed by atoms with Crippen LogP contribution in [0.5, 0.6) is 0 Å². The molecule has 1 saturated heterocycles. The first-order valence-corrected chi connectivity index (χ1v) is 9.12. The molecule has 6 nitrogen and oxygen atoms in total. The van der Waals surface area contributed by atoms with Gasteiger partial charge in [-0.1, -0.05) is 30.3 Å². The highest BCUT2D eigenvalue weighted by molar-refractivity contribution is 5.14. The highest BCUT2D eigenvalue weighted by Crippen LogP contribution is 2.16. The van der Waals surface area contributed by atoms with Crippen LogP contribution in [0.4, 0.5) is 0 Å². The molecule has 2 aromatic rings. The summed E-state index contributed by atoms with van der Waals surface area (Å²) in [5, 5.41) is 4.26. The molecule has 2 atom stereocenters. The van der Waals surface area contributed by atoms with Crippen molar-refractivity contribution in [3.05, 3.63) is 48.0 Å².